The predicted molar refractivity (Wildman–Crippen MR) is 89.2 cm³/mol. The quantitative estimate of drug-likeness (QED) is 0.470. The fraction of sp³-hybridized carbons (Fsp3) is 0.0526. The zero-order valence-electron chi connectivity index (χ0n) is 14.0. The fourth-order valence-electron chi connectivity index (χ4n) is 3.11. The van der Waals surface area contributed by atoms with Crippen LogP contribution in [0.3, 0.4) is 0 Å². The molecule has 1 aromatic heterocycles. The van der Waals surface area contributed by atoms with E-state index in [0.29, 0.717) is 12.1 Å². The number of alkyl halides is 3. The van der Waals surface area contributed by atoms with Gasteiger partial charge in [0.25, 0.3) is 5.91 Å². The van der Waals surface area contributed by atoms with Gasteiger partial charge in [0, 0.05) is 11.1 Å². The Morgan fingerprint density at radius 2 is 1.59 bits per heavy atom. The second-order valence-corrected chi connectivity index (χ2v) is 6.20. The highest BCUT2D eigenvalue weighted by Crippen LogP contribution is 2.39. The van der Waals surface area contributed by atoms with Gasteiger partial charge in [-0.3, -0.25) is 4.79 Å². The number of aromatic amines is 1. The van der Waals surface area contributed by atoms with Gasteiger partial charge in [0.1, 0.15) is 0 Å². The molecule has 0 atom stereocenters. The maximum Gasteiger partial charge on any atom is 0.416 e. The molecule has 0 fully saturated rings. The smallest absolute Gasteiger partial charge is 0.416 e. The van der Waals surface area contributed by atoms with Crippen LogP contribution in [0.15, 0.2) is 41.4 Å². The molecule has 0 aliphatic carbocycles. The SMILES string of the molecule is O=C1N=C(c2cccc(C(F)(F)F)c2)c2c(O)[nH]c(-c3cc(F)c(F)c(F)c3)c21. The van der Waals surface area contributed by atoms with E-state index in [9.17, 15) is 36.2 Å². The number of amides is 1. The van der Waals surface area contributed by atoms with Crippen molar-refractivity contribution in [3.63, 3.8) is 0 Å². The van der Waals surface area contributed by atoms with Gasteiger partial charge in [0.2, 0.25) is 0 Å². The molecule has 0 bridgehead atoms. The van der Waals surface area contributed by atoms with Crippen molar-refractivity contribution in [1.29, 1.82) is 0 Å². The number of H-pyrrole nitrogens is 1. The summed E-state index contributed by atoms with van der Waals surface area (Å²) in [5.41, 5.74) is -2.35. The highest BCUT2D eigenvalue weighted by atomic mass is 19.4. The van der Waals surface area contributed by atoms with E-state index in [-0.39, 0.29) is 33.7 Å². The number of carbonyl (C=O) groups is 1. The number of nitrogens with zero attached hydrogens (tertiary/aromatic N) is 1. The summed E-state index contributed by atoms with van der Waals surface area (Å²) in [5, 5.41) is 10.2. The summed E-state index contributed by atoms with van der Waals surface area (Å²) < 4.78 is 79.3. The Kier molecular flexibility index (Phi) is 4.03. The number of aromatic nitrogens is 1. The molecular weight excluding hydrogens is 402 g/mol. The Labute approximate surface area is 158 Å². The summed E-state index contributed by atoms with van der Waals surface area (Å²) in [6, 6.07) is 5.18. The van der Waals surface area contributed by atoms with E-state index in [2.05, 4.69) is 9.98 Å². The molecule has 0 unspecified atom stereocenters. The first kappa shape index (κ1) is 18.8. The minimum absolute atomic E-state index is 0.0933. The van der Waals surface area contributed by atoms with Crippen molar-refractivity contribution in [3.05, 3.63) is 76.1 Å². The van der Waals surface area contributed by atoms with Crippen LogP contribution in [-0.4, -0.2) is 21.7 Å². The number of benzene rings is 2. The molecule has 29 heavy (non-hydrogen) atoms. The number of hydrogen-bond acceptors (Lipinski definition) is 2. The van der Waals surface area contributed by atoms with Gasteiger partial charge < -0.3 is 10.1 Å². The molecule has 10 heteroatoms. The van der Waals surface area contributed by atoms with Crippen LogP contribution in [0, 0.1) is 17.5 Å². The lowest BCUT2D eigenvalue weighted by atomic mass is 9.99. The van der Waals surface area contributed by atoms with Crippen molar-refractivity contribution in [2.45, 2.75) is 6.18 Å². The molecule has 2 heterocycles. The Morgan fingerprint density at radius 1 is 0.931 bits per heavy atom. The molecule has 1 aliphatic heterocycles. The minimum Gasteiger partial charge on any atom is -0.494 e. The van der Waals surface area contributed by atoms with Gasteiger partial charge in [-0.05, 0) is 24.3 Å². The molecule has 0 spiro atoms. The lowest BCUT2D eigenvalue weighted by Crippen LogP contribution is -2.07. The van der Waals surface area contributed by atoms with Gasteiger partial charge in [-0.1, -0.05) is 12.1 Å². The number of fused-ring (bicyclic) bond motifs is 1. The van der Waals surface area contributed by atoms with E-state index < -0.39 is 41.0 Å². The first-order valence-corrected chi connectivity index (χ1v) is 7.98. The topological polar surface area (TPSA) is 65.4 Å². The van der Waals surface area contributed by atoms with Crippen molar-refractivity contribution in [3.8, 4) is 17.1 Å². The van der Waals surface area contributed by atoms with Crippen molar-refractivity contribution in [2.24, 2.45) is 4.99 Å². The van der Waals surface area contributed by atoms with Gasteiger partial charge >= 0.3 is 6.18 Å². The summed E-state index contributed by atoms with van der Waals surface area (Å²) in [7, 11) is 0. The standard InChI is InChI=1S/C19H8F6N2O2/c20-10-5-8(6-11(21)14(10)22)16-13-12(17(28)27-16)15(26-18(13)29)7-2-1-3-9(4-7)19(23,24)25/h1-6,27-28H. The average Bonchev–Trinajstić information content (AvgIpc) is 3.17. The molecule has 0 radical (unpaired) electrons. The van der Waals surface area contributed by atoms with E-state index in [4.69, 9.17) is 0 Å². The molecular formula is C19H8F6N2O2. The summed E-state index contributed by atoms with van der Waals surface area (Å²) >= 11 is 0. The summed E-state index contributed by atoms with van der Waals surface area (Å²) in [6.07, 6.45) is -4.64. The van der Waals surface area contributed by atoms with E-state index in [1.165, 1.54) is 6.07 Å². The fourth-order valence-corrected chi connectivity index (χ4v) is 3.11. The average molecular weight is 410 g/mol. The lowest BCUT2D eigenvalue weighted by molar-refractivity contribution is -0.137. The van der Waals surface area contributed by atoms with E-state index in [1.54, 1.807) is 0 Å². The third-order valence-electron chi connectivity index (χ3n) is 4.38. The predicted octanol–water partition coefficient (Wildman–Crippen LogP) is 4.81. The van der Waals surface area contributed by atoms with E-state index in [0.717, 1.165) is 18.2 Å². The zero-order chi connectivity index (χ0) is 21.1. The Hall–Kier alpha value is -3.56. The second kappa shape index (κ2) is 6.23. The van der Waals surface area contributed by atoms with Gasteiger partial charge in [0.15, 0.2) is 23.3 Å². The number of nitrogens with one attached hydrogen (secondary N) is 1. The molecule has 2 aromatic carbocycles. The molecule has 0 saturated carbocycles. The monoisotopic (exact) mass is 410 g/mol. The molecule has 4 nitrogen and oxygen atoms in total. The second-order valence-electron chi connectivity index (χ2n) is 6.20. The van der Waals surface area contributed by atoms with Crippen LogP contribution in [0.25, 0.3) is 11.3 Å². The Balaban J connectivity index is 1.87. The molecule has 4 rings (SSSR count). The first-order chi connectivity index (χ1) is 13.6. The molecule has 148 valence electrons. The van der Waals surface area contributed by atoms with Crippen LogP contribution in [0.5, 0.6) is 5.88 Å². The molecule has 0 saturated heterocycles. The minimum atomic E-state index is -4.64. The van der Waals surface area contributed by atoms with E-state index in [1.807, 2.05) is 0 Å². The van der Waals surface area contributed by atoms with Crippen LogP contribution in [0.1, 0.15) is 27.0 Å². The molecule has 3 aromatic rings. The number of halogens is 6. The summed E-state index contributed by atoms with van der Waals surface area (Å²) in [5.74, 6) is -6.33. The number of aromatic hydroxyl groups is 1. The summed E-state index contributed by atoms with van der Waals surface area (Å²) in [4.78, 5) is 18.4. The van der Waals surface area contributed by atoms with Crippen molar-refractivity contribution < 1.29 is 36.2 Å². The number of rotatable bonds is 2. The van der Waals surface area contributed by atoms with Crippen LogP contribution in [0.4, 0.5) is 26.3 Å². The van der Waals surface area contributed by atoms with Gasteiger partial charge in [0.05, 0.1) is 28.1 Å². The van der Waals surface area contributed by atoms with Crippen LogP contribution >= 0.6 is 0 Å². The van der Waals surface area contributed by atoms with Crippen molar-refractivity contribution in [1.82, 2.24) is 4.98 Å². The van der Waals surface area contributed by atoms with Crippen molar-refractivity contribution in [2.75, 3.05) is 0 Å². The number of hydrogen-bond donors (Lipinski definition) is 2. The number of aliphatic imine (C=N–C) groups is 1. The first-order valence-electron chi connectivity index (χ1n) is 7.98. The van der Waals surface area contributed by atoms with Gasteiger partial charge in [-0.25, -0.2) is 18.2 Å². The molecule has 1 amide bonds. The maximum absolute atomic E-state index is 13.6. The highest BCUT2D eigenvalue weighted by molar-refractivity contribution is 6.30. The Morgan fingerprint density at radius 3 is 2.21 bits per heavy atom. The lowest BCUT2D eigenvalue weighted by Gasteiger charge is -2.08. The van der Waals surface area contributed by atoms with E-state index >= 15 is 0 Å². The van der Waals surface area contributed by atoms with Crippen molar-refractivity contribution >= 4 is 11.6 Å². The van der Waals surface area contributed by atoms with Gasteiger partial charge in [-0.2, -0.15) is 13.2 Å². The zero-order valence-corrected chi connectivity index (χ0v) is 14.0. The summed E-state index contributed by atoms with van der Waals surface area (Å²) in [6.45, 7) is 0. The third-order valence-corrected chi connectivity index (χ3v) is 4.38. The van der Waals surface area contributed by atoms with Crippen LogP contribution < -0.4 is 0 Å². The van der Waals surface area contributed by atoms with Crippen LogP contribution in [-0.2, 0) is 6.18 Å². The third kappa shape index (κ3) is 2.96. The maximum atomic E-state index is 13.6. The number of carbonyl (C=O) groups excluding carboxylic acids is 1. The molecule has 1 aliphatic rings. The normalized spacial score (nSPS) is 13.6. The largest absolute Gasteiger partial charge is 0.494 e. The molecule has 2 N–H and O–H groups in total. The van der Waals surface area contributed by atoms with Crippen LogP contribution in [0.2, 0.25) is 0 Å². The highest BCUT2D eigenvalue weighted by Gasteiger charge is 2.36. The Bertz CT molecular complexity index is 1190. The van der Waals surface area contributed by atoms with Gasteiger partial charge in [-0.15, -0.1) is 0 Å².